The largest absolute Gasteiger partial charge is 0.480 e. The fraction of sp³-hybridized carbons (Fsp3) is 0.600. The summed E-state index contributed by atoms with van der Waals surface area (Å²) < 4.78 is 0. The second kappa shape index (κ2) is 5.22. The van der Waals surface area contributed by atoms with E-state index < -0.39 is 24.1 Å². The van der Waals surface area contributed by atoms with Crippen LogP contribution >= 0.6 is 0 Å². The number of amides is 2. The van der Waals surface area contributed by atoms with Crippen molar-refractivity contribution in [2.75, 3.05) is 13.6 Å². The lowest BCUT2D eigenvalue weighted by Gasteiger charge is -2.26. The lowest BCUT2D eigenvalue weighted by molar-refractivity contribution is -0.141. The van der Waals surface area contributed by atoms with Gasteiger partial charge in [0.1, 0.15) is 18.2 Å². The molecule has 9 nitrogen and oxygen atoms in total. The predicted molar refractivity (Wildman–Crippen MR) is 62.0 cm³/mol. The molecule has 1 aromatic heterocycles. The number of hydrogen-bond donors (Lipinski definition) is 3. The molecule has 9 heteroatoms. The zero-order valence-corrected chi connectivity index (χ0v) is 10.4. The molecule has 2 rings (SSSR count). The Bertz CT molecular complexity index is 462. The molecule has 1 unspecified atom stereocenters. The molecular formula is C10H15N5O4. The summed E-state index contributed by atoms with van der Waals surface area (Å²) in [5.74, 6) is -0.611. The Kier molecular flexibility index (Phi) is 3.65. The van der Waals surface area contributed by atoms with Crippen LogP contribution in [0, 0.1) is 0 Å². The van der Waals surface area contributed by atoms with Crippen molar-refractivity contribution in [1.29, 1.82) is 0 Å². The second-order valence-corrected chi connectivity index (χ2v) is 4.47. The number of β-amino-alcohol motifs (C(OH)–C–C–N with tert-alkyl or cyclic N) is 1. The van der Waals surface area contributed by atoms with E-state index >= 15 is 0 Å². The first-order valence-corrected chi connectivity index (χ1v) is 5.76. The molecule has 1 saturated heterocycles. The SMILES string of the molecule is CN(Cc1ncn[nH]1)C(=O)N1CC(O)C[C@H]1C(=O)O. The van der Waals surface area contributed by atoms with E-state index in [2.05, 4.69) is 15.2 Å². The molecule has 1 aromatic rings. The fourth-order valence-electron chi connectivity index (χ4n) is 2.08. The quantitative estimate of drug-likeness (QED) is 0.638. The summed E-state index contributed by atoms with van der Waals surface area (Å²) in [6.45, 7) is 0.217. The molecule has 3 N–H and O–H groups in total. The molecule has 0 bridgehead atoms. The molecule has 1 fully saturated rings. The summed E-state index contributed by atoms with van der Waals surface area (Å²) in [4.78, 5) is 29.6. The maximum atomic E-state index is 12.1. The topological polar surface area (TPSA) is 123 Å². The highest BCUT2D eigenvalue weighted by Gasteiger charge is 2.40. The summed E-state index contributed by atoms with van der Waals surface area (Å²) in [7, 11) is 1.54. The van der Waals surface area contributed by atoms with Gasteiger partial charge < -0.3 is 20.0 Å². The number of carboxylic acids is 1. The monoisotopic (exact) mass is 269 g/mol. The molecule has 2 atom stereocenters. The highest BCUT2D eigenvalue weighted by atomic mass is 16.4. The third-order valence-corrected chi connectivity index (χ3v) is 2.99. The molecule has 1 aliphatic rings. The van der Waals surface area contributed by atoms with Crippen LogP contribution in [-0.4, -0.2) is 72.9 Å². The van der Waals surface area contributed by atoms with Crippen molar-refractivity contribution in [1.82, 2.24) is 25.0 Å². The first kappa shape index (κ1) is 13.3. The zero-order chi connectivity index (χ0) is 14.0. The summed E-state index contributed by atoms with van der Waals surface area (Å²) in [5.41, 5.74) is 0. The Labute approximate surface area is 108 Å². The van der Waals surface area contributed by atoms with Crippen LogP contribution in [-0.2, 0) is 11.3 Å². The molecule has 2 heterocycles. The summed E-state index contributed by atoms with van der Waals surface area (Å²) in [6.07, 6.45) is 0.577. The van der Waals surface area contributed by atoms with Gasteiger partial charge in [0.2, 0.25) is 0 Å². The minimum absolute atomic E-state index is 0.0243. The van der Waals surface area contributed by atoms with E-state index in [0.717, 1.165) is 4.90 Å². The number of carboxylic acid groups (broad SMARTS) is 1. The minimum Gasteiger partial charge on any atom is -0.480 e. The summed E-state index contributed by atoms with van der Waals surface area (Å²) >= 11 is 0. The number of carbonyl (C=O) groups is 2. The predicted octanol–water partition coefficient (Wildman–Crippen LogP) is -1.12. The maximum Gasteiger partial charge on any atom is 0.326 e. The minimum atomic E-state index is -1.11. The van der Waals surface area contributed by atoms with Crippen LogP contribution in [0.3, 0.4) is 0 Å². The van der Waals surface area contributed by atoms with Gasteiger partial charge in [0, 0.05) is 20.0 Å². The van der Waals surface area contributed by atoms with Gasteiger partial charge in [-0.15, -0.1) is 0 Å². The van der Waals surface area contributed by atoms with E-state index in [0.29, 0.717) is 5.82 Å². The van der Waals surface area contributed by atoms with Crippen molar-refractivity contribution in [3.05, 3.63) is 12.2 Å². The van der Waals surface area contributed by atoms with Crippen molar-refractivity contribution in [2.45, 2.75) is 25.1 Å². The summed E-state index contributed by atoms with van der Waals surface area (Å²) in [5, 5.41) is 24.8. The van der Waals surface area contributed by atoms with E-state index in [1.807, 2.05) is 0 Å². The standard InChI is InChI=1S/C10H15N5O4/c1-14(4-8-11-5-12-13-8)10(19)15-3-6(16)2-7(15)9(17)18/h5-7,16H,2-4H2,1H3,(H,17,18)(H,11,12,13)/t6?,7-/m0/s1. The molecule has 104 valence electrons. The molecule has 0 aromatic carbocycles. The first-order valence-electron chi connectivity index (χ1n) is 5.76. The van der Waals surface area contributed by atoms with Gasteiger partial charge in [-0.3, -0.25) is 5.10 Å². The zero-order valence-electron chi connectivity index (χ0n) is 10.4. The number of rotatable bonds is 3. The summed E-state index contributed by atoms with van der Waals surface area (Å²) in [6, 6.07) is -1.44. The number of aromatic nitrogens is 3. The van der Waals surface area contributed by atoms with E-state index in [9.17, 15) is 14.7 Å². The number of nitrogens with zero attached hydrogens (tertiary/aromatic N) is 4. The van der Waals surface area contributed by atoms with Crippen LogP contribution in [0.2, 0.25) is 0 Å². The van der Waals surface area contributed by atoms with Gasteiger partial charge in [-0.1, -0.05) is 0 Å². The van der Waals surface area contributed by atoms with Gasteiger partial charge in [-0.2, -0.15) is 5.10 Å². The van der Waals surface area contributed by atoms with Crippen molar-refractivity contribution < 1.29 is 19.8 Å². The lowest BCUT2D eigenvalue weighted by Crippen LogP contribution is -2.46. The van der Waals surface area contributed by atoms with Crippen LogP contribution in [0.25, 0.3) is 0 Å². The molecular weight excluding hydrogens is 254 g/mol. The molecule has 2 amide bonds. The highest BCUT2D eigenvalue weighted by molar-refractivity contribution is 5.83. The van der Waals surface area contributed by atoms with Gasteiger partial charge in [-0.05, 0) is 0 Å². The number of H-pyrrole nitrogens is 1. The molecule has 0 aliphatic carbocycles. The Hall–Kier alpha value is -2.16. The molecule has 0 spiro atoms. The van der Waals surface area contributed by atoms with Gasteiger partial charge in [0.05, 0.1) is 12.6 Å². The number of hydrogen-bond acceptors (Lipinski definition) is 5. The number of aliphatic hydroxyl groups is 1. The average molecular weight is 269 g/mol. The number of carbonyl (C=O) groups excluding carboxylic acids is 1. The van der Waals surface area contributed by atoms with Crippen LogP contribution in [0.15, 0.2) is 6.33 Å². The molecule has 0 radical (unpaired) electrons. The molecule has 1 aliphatic heterocycles. The van der Waals surface area contributed by atoms with E-state index in [1.165, 1.54) is 18.3 Å². The molecule has 19 heavy (non-hydrogen) atoms. The van der Waals surface area contributed by atoms with E-state index in [-0.39, 0.29) is 19.5 Å². The molecule has 0 saturated carbocycles. The third kappa shape index (κ3) is 2.81. The van der Waals surface area contributed by atoms with Crippen LogP contribution < -0.4 is 0 Å². The van der Waals surface area contributed by atoms with Gasteiger partial charge in [0.15, 0.2) is 0 Å². The third-order valence-electron chi connectivity index (χ3n) is 2.99. The Morgan fingerprint density at radius 2 is 2.37 bits per heavy atom. The van der Waals surface area contributed by atoms with Crippen molar-refractivity contribution in [2.24, 2.45) is 0 Å². The maximum absolute atomic E-state index is 12.1. The normalized spacial score (nSPS) is 22.5. The number of aliphatic hydroxyl groups excluding tert-OH is 1. The lowest BCUT2D eigenvalue weighted by atomic mass is 10.2. The van der Waals surface area contributed by atoms with Crippen molar-refractivity contribution in [3.8, 4) is 0 Å². The Balaban J connectivity index is 2.03. The smallest absolute Gasteiger partial charge is 0.326 e. The van der Waals surface area contributed by atoms with E-state index in [1.54, 1.807) is 0 Å². The fourth-order valence-corrected chi connectivity index (χ4v) is 2.08. The highest BCUT2D eigenvalue weighted by Crippen LogP contribution is 2.20. The van der Waals surface area contributed by atoms with E-state index in [4.69, 9.17) is 5.11 Å². The van der Waals surface area contributed by atoms with Gasteiger partial charge in [0.25, 0.3) is 0 Å². The number of nitrogens with one attached hydrogen (secondary N) is 1. The Morgan fingerprint density at radius 3 is 2.95 bits per heavy atom. The van der Waals surface area contributed by atoms with Crippen LogP contribution in [0.5, 0.6) is 0 Å². The average Bonchev–Trinajstić information content (AvgIpc) is 2.97. The number of likely N-dealkylation sites (tertiary alicyclic amines) is 1. The van der Waals surface area contributed by atoms with Crippen molar-refractivity contribution >= 4 is 12.0 Å². The van der Waals surface area contributed by atoms with Gasteiger partial charge in [-0.25, -0.2) is 14.6 Å². The van der Waals surface area contributed by atoms with Crippen molar-refractivity contribution in [3.63, 3.8) is 0 Å². The van der Waals surface area contributed by atoms with Crippen LogP contribution in [0.1, 0.15) is 12.2 Å². The Morgan fingerprint density at radius 1 is 1.63 bits per heavy atom. The first-order chi connectivity index (χ1) is 8.99. The number of aromatic amines is 1. The van der Waals surface area contributed by atoms with Crippen LogP contribution in [0.4, 0.5) is 4.79 Å². The number of aliphatic carboxylic acids is 1. The second-order valence-electron chi connectivity index (χ2n) is 4.47. The number of urea groups is 1. The van der Waals surface area contributed by atoms with Gasteiger partial charge >= 0.3 is 12.0 Å².